The number of H-pyrrole nitrogens is 1. The van der Waals surface area contributed by atoms with E-state index in [4.69, 9.17) is 4.74 Å². The molecule has 0 aliphatic carbocycles. The van der Waals surface area contributed by atoms with E-state index in [-0.39, 0.29) is 18.0 Å². The van der Waals surface area contributed by atoms with Crippen molar-refractivity contribution in [2.24, 2.45) is 0 Å². The van der Waals surface area contributed by atoms with E-state index in [0.29, 0.717) is 38.0 Å². The Kier molecular flexibility index (Phi) is 5.53. The second-order valence-electron chi connectivity index (χ2n) is 7.62. The molecule has 2 saturated heterocycles. The van der Waals surface area contributed by atoms with Gasteiger partial charge in [0.05, 0.1) is 18.3 Å². The number of ether oxygens (including phenoxy) is 1. The largest absolute Gasteiger partial charge is 0.441 e. The fourth-order valence-electron chi connectivity index (χ4n) is 4.05. The van der Waals surface area contributed by atoms with Crippen molar-refractivity contribution in [1.29, 1.82) is 0 Å². The van der Waals surface area contributed by atoms with Crippen molar-refractivity contribution in [3.8, 4) is 0 Å². The Balaban J connectivity index is 1.61. The fraction of sp³-hybridized carbons (Fsp3) is 0.737. The van der Waals surface area contributed by atoms with E-state index < -0.39 is 5.60 Å². The van der Waals surface area contributed by atoms with Gasteiger partial charge in [-0.25, -0.2) is 4.79 Å². The summed E-state index contributed by atoms with van der Waals surface area (Å²) in [6.45, 7) is 8.15. The van der Waals surface area contributed by atoms with Crippen molar-refractivity contribution >= 4 is 12.0 Å². The zero-order valence-electron chi connectivity index (χ0n) is 16.1. The summed E-state index contributed by atoms with van der Waals surface area (Å²) in [6, 6.07) is 0.203. The summed E-state index contributed by atoms with van der Waals surface area (Å²) in [5.41, 5.74) is 1.15. The van der Waals surface area contributed by atoms with Crippen LogP contribution in [0.2, 0.25) is 0 Å². The monoisotopic (exact) mass is 362 g/mol. The number of nitrogens with zero attached hydrogens (tertiary/aromatic N) is 3. The zero-order valence-corrected chi connectivity index (χ0v) is 16.1. The van der Waals surface area contributed by atoms with Crippen molar-refractivity contribution in [1.82, 2.24) is 20.0 Å². The van der Waals surface area contributed by atoms with Gasteiger partial charge in [0, 0.05) is 37.7 Å². The van der Waals surface area contributed by atoms with Gasteiger partial charge in [-0.05, 0) is 19.8 Å². The van der Waals surface area contributed by atoms with E-state index in [9.17, 15) is 9.59 Å². The Morgan fingerprint density at radius 3 is 2.73 bits per heavy atom. The topological polar surface area (TPSA) is 78.5 Å². The van der Waals surface area contributed by atoms with E-state index >= 15 is 0 Å². The second-order valence-corrected chi connectivity index (χ2v) is 7.62. The number of rotatable bonds is 6. The summed E-state index contributed by atoms with van der Waals surface area (Å²) < 4.78 is 5.78. The maximum atomic E-state index is 12.8. The average Bonchev–Trinajstić information content (AvgIpc) is 3.20. The summed E-state index contributed by atoms with van der Waals surface area (Å²) in [6.07, 6.45) is 6.63. The highest BCUT2D eigenvalue weighted by Gasteiger charge is 2.48. The number of aromatic nitrogens is 2. The number of hydrogen-bond donors (Lipinski definition) is 1. The molecule has 2 amide bonds. The van der Waals surface area contributed by atoms with Gasteiger partial charge in [0.15, 0.2) is 0 Å². The molecule has 0 saturated carbocycles. The molecule has 0 aromatic carbocycles. The molecule has 2 aliphatic heterocycles. The minimum atomic E-state index is -0.432. The molecule has 3 rings (SSSR count). The van der Waals surface area contributed by atoms with Gasteiger partial charge in [0.1, 0.15) is 5.60 Å². The zero-order chi connectivity index (χ0) is 18.7. The van der Waals surface area contributed by atoms with Crippen molar-refractivity contribution < 1.29 is 14.3 Å². The summed E-state index contributed by atoms with van der Waals surface area (Å²) in [7, 11) is 0. The molecular formula is C19H30N4O3. The number of piperidine rings is 1. The van der Waals surface area contributed by atoms with E-state index in [1.165, 1.54) is 0 Å². The molecule has 1 unspecified atom stereocenters. The summed E-state index contributed by atoms with van der Waals surface area (Å²) in [5.74, 6) is 0.0255. The summed E-state index contributed by atoms with van der Waals surface area (Å²) in [4.78, 5) is 28.8. The van der Waals surface area contributed by atoms with Crippen LogP contribution in [0.1, 0.15) is 68.9 Å². The second kappa shape index (κ2) is 7.68. The first-order valence-electron chi connectivity index (χ1n) is 9.81. The Labute approximate surface area is 155 Å². The van der Waals surface area contributed by atoms with E-state index in [1.54, 1.807) is 6.20 Å². The summed E-state index contributed by atoms with van der Waals surface area (Å²) >= 11 is 0. The van der Waals surface area contributed by atoms with Crippen LogP contribution in [0.5, 0.6) is 0 Å². The first kappa shape index (κ1) is 18.7. The number of amides is 2. The molecule has 1 spiro atoms. The highest BCUT2D eigenvalue weighted by Crippen LogP contribution is 2.35. The van der Waals surface area contributed by atoms with E-state index in [2.05, 4.69) is 31.0 Å². The van der Waals surface area contributed by atoms with Gasteiger partial charge in [0.25, 0.3) is 5.91 Å². The molecule has 7 nitrogen and oxygen atoms in total. The lowest BCUT2D eigenvalue weighted by molar-refractivity contribution is 0.00304. The number of hydrogen-bond acceptors (Lipinski definition) is 4. The van der Waals surface area contributed by atoms with Gasteiger partial charge in [-0.1, -0.05) is 26.7 Å². The number of likely N-dealkylation sites (tertiary alicyclic amines) is 1. The highest BCUT2D eigenvalue weighted by atomic mass is 16.6. The molecule has 3 heterocycles. The number of aromatic amines is 1. The lowest BCUT2D eigenvalue weighted by atomic mass is 9.90. The third-order valence-electron chi connectivity index (χ3n) is 5.65. The Morgan fingerprint density at radius 2 is 2.08 bits per heavy atom. The van der Waals surface area contributed by atoms with Crippen molar-refractivity contribution in [2.45, 2.75) is 70.9 Å². The third-order valence-corrected chi connectivity index (χ3v) is 5.65. The minimum Gasteiger partial charge on any atom is -0.441 e. The van der Waals surface area contributed by atoms with Crippen LogP contribution in [0.4, 0.5) is 4.79 Å². The predicted molar refractivity (Wildman–Crippen MR) is 98.0 cm³/mol. The average molecular weight is 362 g/mol. The number of carbonyl (C=O) groups excluding carboxylic acids is 2. The molecule has 144 valence electrons. The lowest BCUT2D eigenvalue weighted by Gasteiger charge is -2.37. The Hall–Kier alpha value is -2.05. The SMILES string of the molecule is CCCc1[nH]ncc1C(=O)N1CCC2(CC1)CN(C(C)CCC)C(=O)O2. The highest BCUT2D eigenvalue weighted by molar-refractivity contribution is 5.95. The predicted octanol–water partition coefficient (Wildman–Crippen LogP) is 2.98. The Morgan fingerprint density at radius 1 is 1.35 bits per heavy atom. The smallest absolute Gasteiger partial charge is 0.410 e. The normalized spacial score (nSPS) is 20.5. The minimum absolute atomic E-state index is 0.0255. The van der Waals surface area contributed by atoms with Crippen molar-refractivity contribution in [3.05, 3.63) is 17.5 Å². The van der Waals surface area contributed by atoms with Gasteiger partial charge in [-0.3, -0.25) is 9.89 Å². The van der Waals surface area contributed by atoms with Crippen LogP contribution in [0, 0.1) is 0 Å². The van der Waals surface area contributed by atoms with Crippen molar-refractivity contribution in [2.75, 3.05) is 19.6 Å². The summed E-state index contributed by atoms with van der Waals surface area (Å²) in [5, 5.41) is 6.97. The third kappa shape index (κ3) is 3.57. The molecule has 1 N–H and O–H groups in total. The molecule has 26 heavy (non-hydrogen) atoms. The van der Waals surface area contributed by atoms with Crippen LogP contribution in [-0.2, 0) is 11.2 Å². The van der Waals surface area contributed by atoms with Crippen LogP contribution < -0.4 is 0 Å². The first-order valence-corrected chi connectivity index (χ1v) is 9.81. The van der Waals surface area contributed by atoms with Crippen LogP contribution in [-0.4, -0.2) is 63.3 Å². The molecule has 7 heteroatoms. The van der Waals surface area contributed by atoms with Crippen molar-refractivity contribution in [3.63, 3.8) is 0 Å². The molecule has 0 bridgehead atoms. The maximum absolute atomic E-state index is 12.8. The van der Waals surface area contributed by atoms with E-state index in [1.807, 2.05) is 9.80 Å². The standard InChI is InChI=1S/C19H30N4O3/c1-4-6-14(3)23-13-19(26-18(23)25)8-10-22(11-9-19)17(24)15-12-20-21-16(15)7-5-2/h12,14H,4-11,13H2,1-3H3,(H,20,21). The maximum Gasteiger partial charge on any atom is 0.410 e. The number of aryl methyl sites for hydroxylation is 1. The molecule has 1 aromatic rings. The molecule has 2 fully saturated rings. The number of nitrogens with one attached hydrogen (secondary N) is 1. The first-order chi connectivity index (χ1) is 12.5. The van der Waals surface area contributed by atoms with E-state index in [0.717, 1.165) is 31.4 Å². The molecular weight excluding hydrogens is 332 g/mol. The Bertz CT molecular complexity index is 649. The molecule has 2 aliphatic rings. The molecule has 1 aromatic heterocycles. The molecule has 0 radical (unpaired) electrons. The number of carbonyl (C=O) groups is 2. The van der Waals surface area contributed by atoms with Gasteiger partial charge >= 0.3 is 6.09 Å². The molecule has 1 atom stereocenters. The fourth-order valence-corrected chi connectivity index (χ4v) is 4.05. The van der Waals surface area contributed by atoms with Crippen LogP contribution >= 0.6 is 0 Å². The van der Waals surface area contributed by atoms with Gasteiger partial charge in [-0.2, -0.15) is 5.10 Å². The van der Waals surface area contributed by atoms with Crippen LogP contribution in [0.25, 0.3) is 0 Å². The van der Waals surface area contributed by atoms with Crippen LogP contribution in [0.15, 0.2) is 6.20 Å². The van der Waals surface area contributed by atoms with Crippen LogP contribution in [0.3, 0.4) is 0 Å². The van der Waals surface area contributed by atoms with Gasteiger partial charge in [-0.15, -0.1) is 0 Å². The quantitative estimate of drug-likeness (QED) is 0.844. The van der Waals surface area contributed by atoms with Gasteiger partial charge < -0.3 is 14.5 Å². The van der Waals surface area contributed by atoms with Gasteiger partial charge in [0.2, 0.25) is 0 Å². The lowest BCUT2D eigenvalue weighted by Crippen LogP contribution is -2.49.